The van der Waals surface area contributed by atoms with Gasteiger partial charge >= 0.3 is 0 Å². The van der Waals surface area contributed by atoms with Gasteiger partial charge in [-0.25, -0.2) is 0 Å². The lowest BCUT2D eigenvalue weighted by atomic mass is 10.1. The van der Waals surface area contributed by atoms with Crippen LogP contribution in [-0.4, -0.2) is 38.2 Å². The third kappa shape index (κ3) is 5.61. The number of amides is 2. The number of hydrogen-bond donors (Lipinski definition) is 2. The highest BCUT2D eigenvalue weighted by molar-refractivity contribution is 6.04. The summed E-state index contributed by atoms with van der Waals surface area (Å²) in [6.45, 7) is 2.47. The van der Waals surface area contributed by atoms with Gasteiger partial charge in [-0.05, 0) is 31.2 Å². The van der Waals surface area contributed by atoms with Crippen LogP contribution in [0.25, 0.3) is 0 Å². The molecule has 0 heterocycles. The Labute approximate surface area is 147 Å². The number of hydrogen-bond acceptors (Lipinski definition) is 4. The maximum absolute atomic E-state index is 12.4. The number of para-hydroxylation sites is 2. The van der Waals surface area contributed by atoms with Gasteiger partial charge in [0.25, 0.3) is 11.8 Å². The van der Waals surface area contributed by atoms with Crippen LogP contribution in [0.4, 0.5) is 5.69 Å². The number of carbonyl (C=O) groups excluding carboxylic acids is 2. The van der Waals surface area contributed by atoms with Crippen LogP contribution >= 0.6 is 0 Å². The van der Waals surface area contributed by atoms with E-state index in [0.717, 1.165) is 0 Å². The summed E-state index contributed by atoms with van der Waals surface area (Å²) in [6, 6.07) is 15.9. The molecule has 2 N–H and O–H groups in total. The van der Waals surface area contributed by atoms with Crippen LogP contribution < -0.4 is 15.4 Å². The minimum atomic E-state index is -0.702. The Morgan fingerprint density at radius 1 is 1.04 bits per heavy atom. The van der Waals surface area contributed by atoms with Gasteiger partial charge in [0.15, 0.2) is 6.10 Å². The van der Waals surface area contributed by atoms with Crippen LogP contribution in [0.3, 0.4) is 0 Å². The van der Waals surface area contributed by atoms with E-state index >= 15 is 0 Å². The van der Waals surface area contributed by atoms with Gasteiger partial charge in [-0.3, -0.25) is 9.59 Å². The summed E-state index contributed by atoms with van der Waals surface area (Å²) >= 11 is 0. The third-order valence-corrected chi connectivity index (χ3v) is 3.45. The van der Waals surface area contributed by atoms with Gasteiger partial charge < -0.3 is 20.1 Å². The normalized spacial score (nSPS) is 11.4. The third-order valence-electron chi connectivity index (χ3n) is 3.45. The number of nitrogens with one attached hydrogen (secondary N) is 2. The first-order chi connectivity index (χ1) is 12.1. The first-order valence-corrected chi connectivity index (χ1v) is 8.00. The first-order valence-electron chi connectivity index (χ1n) is 8.00. The summed E-state index contributed by atoms with van der Waals surface area (Å²) in [7, 11) is 1.56. The lowest BCUT2D eigenvalue weighted by Gasteiger charge is -2.16. The predicted octanol–water partition coefficient (Wildman–Crippen LogP) is 2.47. The van der Waals surface area contributed by atoms with Gasteiger partial charge in [0.2, 0.25) is 0 Å². The highest BCUT2D eigenvalue weighted by atomic mass is 16.5. The molecule has 132 valence electrons. The maximum Gasteiger partial charge on any atom is 0.265 e. The molecule has 2 rings (SSSR count). The van der Waals surface area contributed by atoms with Crippen LogP contribution in [0.2, 0.25) is 0 Å². The summed E-state index contributed by atoms with van der Waals surface area (Å²) in [4.78, 5) is 24.6. The smallest absolute Gasteiger partial charge is 0.265 e. The summed E-state index contributed by atoms with van der Waals surface area (Å²) in [5.41, 5.74) is 0.824. The number of carbonyl (C=O) groups is 2. The number of benzene rings is 2. The Bertz CT molecular complexity index is 704. The van der Waals surface area contributed by atoms with Crippen molar-refractivity contribution in [1.29, 1.82) is 0 Å². The van der Waals surface area contributed by atoms with Gasteiger partial charge in [-0.15, -0.1) is 0 Å². The van der Waals surface area contributed by atoms with Crippen molar-refractivity contribution in [1.82, 2.24) is 5.32 Å². The second-order valence-corrected chi connectivity index (χ2v) is 5.36. The topological polar surface area (TPSA) is 76.7 Å². The van der Waals surface area contributed by atoms with Gasteiger partial charge in [-0.2, -0.15) is 0 Å². The van der Waals surface area contributed by atoms with E-state index in [2.05, 4.69) is 10.6 Å². The molecule has 0 aliphatic heterocycles. The standard InChI is InChI=1S/C19H22N2O4/c1-14(25-15-8-4-3-5-9-15)18(22)21-17-11-7-6-10-16(17)19(23)20-12-13-24-2/h3-11,14H,12-13H2,1-2H3,(H,20,23)(H,21,22)/t14-/m0/s1. The van der Waals surface area contributed by atoms with Crippen molar-refractivity contribution >= 4 is 17.5 Å². The van der Waals surface area contributed by atoms with Crippen LogP contribution in [0.1, 0.15) is 17.3 Å². The molecule has 0 aliphatic rings. The summed E-state index contributed by atoms with van der Waals surface area (Å²) in [5, 5.41) is 5.48. The van der Waals surface area contributed by atoms with E-state index in [1.807, 2.05) is 18.2 Å². The van der Waals surface area contributed by atoms with Gasteiger partial charge in [0.1, 0.15) is 5.75 Å². The molecule has 0 radical (unpaired) electrons. The second kappa shape index (κ2) is 9.44. The quantitative estimate of drug-likeness (QED) is 0.723. The molecule has 2 amide bonds. The van der Waals surface area contributed by atoms with Gasteiger partial charge in [0, 0.05) is 13.7 Å². The minimum absolute atomic E-state index is 0.274. The van der Waals surface area contributed by atoms with Crippen molar-refractivity contribution in [3.63, 3.8) is 0 Å². The van der Waals surface area contributed by atoms with E-state index in [4.69, 9.17) is 9.47 Å². The fourth-order valence-electron chi connectivity index (χ4n) is 2.14. The molecular formula is C19H22N2O4. The molecule has 0 saturated heterocycles. The number of ether oxygens (including phenoxy) is 2. The van der Waals surface area contributed by atoms with Crippen LogP contribution in [-0.2, 0) is 9.53 Å². The fourth-order valence-corrected chi connectivity index (χ4v) is 2.14. The molecule has 0 aromatic heterocycles. The molecule has 0 spiro atoms. The van der Waals surface area contributed by atoms with E-state index in [9.17, 15) is 9.59 Å². The zero-order valence-electron chi connectivity index (χ0n) is 14.3. The van der Waals surface area contributed by atoms with Crippen LogP contribution in [0.15, 0.2) is 54.6 Å². The molecule has 6 heteroatoms. The van der Waals surface area contributed by atoms with Gasteiger partial charge in [-0.1, -0.05) is 30.3 Å². The molecule has 0 unspecified atom stereocenters. The van der Waals surface area contributed by atoms with Crippen molar-refractivity contribution in [2.75, 3.05) is 25.6 Å². The molecular weight excluding hydrogens is 320 g/mol. The van der Waals surface area contributed by atoms with Crippen molar-refractivity contribution in [3.05, 3.63) is 60.2 Å². The molecule has 0 bridgehead atoms. The van der Waals surface area contributed by atoms with Crippen molar-refractivity contribution < 1.29 is 19.1 Å². The average molecular weight is 342 g/mol. The summed E-state index contributed by atoms with van der Waals surface area (Å²) in [5.74, 6) is 0.00122. The number of methoxy groups -OCH3 is 1. The predicted molar refractivity (Wildman–Crippen MR) is 95.8 cm³/mol. The van der Waals surface area contributed by atoms with E-state index in [1.165, 1.54) is 0 Å². The Hall–Kier alpha value is -2.86. The van der Waals surface area contributed by atoms with Crippen LogP contribution in [0, 0.1) is 0 Å². The number of rotatable bonds is 8. The first kappa shape index (κ1) is 18.5. The Morgan fingerprint density at radius 2 is 1.72 bits per heavy atom. The lowest BCUT2D eigenvalue weighted by molar-refractivity contribution is -0.122. The second-order valence-electron chi connectivity index (χ2n) is 5.36. The Morgan fingerprint density at radius 3 is 2.44 bits per heavy atom. The molecule has 2 aromatic rings. The SMILES string of the molecule is COCCNC(=O)c1ccccc1NC(=O)[C@H](C)Oc1ccccc1. The molecule has 6 nitrogen and oxygen atoms in total. The van der Waals surface area contributed by atoms with Gasteiger partial charge in [0.05, 0.1) is 17.9 Å². The van der Waals surface area contributed by atoms with Crippen LogP contribution in [0.5, 0.6) is 5.75 Å². The molecule has 0 aliphatic carbocycles. The zero-order valence-corrected chi connectivity index (χ0v) is 14.3. The monoisotopic (exact) mass is 342 g/mol. The van der Waals surface area contributed by atoms with Crippen molar-refractivity contribution in [2.24, 2.45) is 0 Å². The zero-order chi connectivity index (χ0) is 18.1. The Kier molecular flexibility index (Phi) is 6.98. The Balaban J connectivity index is 2.01. The van der Waals surface area contributed by atoms with Crippen molar-refractivity contribution in [3.8, 4) is 5.75 Å². The fraction of sp³-hybridized carbons (Fsp3) is 0.263. The summed E-state index contributed by atoms with van der Waals surface area (Å²) < 4.78 is 10.5. The molecule has 0 saturated carbocycles. The maximum atomic E-state index is 12.4. The molecule has 25 heavy (non-hydrogen) atoms. The lowest BCUT2D eigenvalue weighted by Crippen LogP contribution is -2.32. The largest absolute Gasteiger partial charge is 0.481 e. The number of anilines is 1. The molecule has 0 fully saturated rings. The van der Waals surface area contributed by atoms with E-state index in [-0.39, 0.29) is 11.8 Å². The van der Waals surface area contributed by atoms with E-state index in [0.29, 0.717) is 30.2 Å². The summed E-state index contributed by atoms with van der Waals surface area (Å²) in [6.07, 6.45) is -0.702. The van der Waals surface area contributed by atoms with Crippen molar-refractivity contribution in [2.45, 2.75) is 13.0 Å². The minimum Gasteiger partial charge on any atom is -0.481 e. The average Bonchev–Trinajstić information content (AvgIpc) is 2.63. The molecule has 2 aromatic carbocycles. The highest BCUT2D eigenvalue weighted by Crippen LogP contribution is 2.17. The van der Waals surface area contributed by atoms with E-state index in [1.54, 1.807) is 50.4 Å². The molecule has 1 atom stereocenters. The van der Waals surface area contributed by atoms with E-state index < -0.39 is 6.10 Å². The highest BCUT2D eigenvalue weighted by Gasteiger charge is 2.18.